The summed E-state index contributed by atoms with van der Waals surface area (Å²) in [5, 5.41) is 0.649. The van der Waals surface area contributed by atoms with Gasteiger partial charge in [-0.05, 0) is 24.7 Å². The van der Waals surface area contributed by atoms with Crippen molar-refractivity contribution in [2.75, 3.05) is 0 Å². The van der Waals surface area contributed by atoms with Crippen LogP contribution >= 0.6 is 12.6 Å². The minimum Gasteiger partial charge on any atom is -0.176 e. The van der Waals surface area contributed by atoms with Crippen LogP contribution in [0.15, 0.2) is 0 Å². The maximum atomic E-state index is 4.87. The second-order valence-electron chi connectivity index (χ2n) is 10.1. The quantitative estimate of drug-likeness (QED) is 0.313. The van der Waals surface area contributed by atoms with Gasteiger partial charge in [-0.15, -0.1) is 0 Å². The summed E-state index contributed by atoms with van der Waals surface area (Å²) in [5.74, 6) is 1.91. The lowest BCUT2D eigenvalue weighted by Crippen LogP contribution is -2.06. The first kappa shape index (κ1) is 26.4. The Hall–Kier alpha value is 0.350. The highest BCUT2D eigenvalue weighted by molar-refractivity contribution is 7.80. The van der Waals surface area contributed by atoms with Gasteiger partial charge < -0.3 is 0 Å². The van der Waals surface area contributed by atoms with E-state index in [1.807, 2.05) is 0 Å². The third-order valence-corrected chi connectivity index (χ3v) is 7.57. The van der Waals surface area contributed by atoms with Gasteiger partial charge in [0.2, 0.25) is 0 Å². The van der Waals surface area contributed by atoms with E-state index in [0.717, 1.165) is 11.8 Å². The van der Waals surface area contributed by atoms with Crippen LogP contribution in [0.2, 0.25) is 0 Å². The molecule has 1 fully saturated rings. The van der Waals surface area contributed by atoms with Crippen LogP contribution in [0.25, 0.3) is 0 Å². The summed E-state index contributed by atoms with van der Waals surface area (Å²) in [7, 11) is 0. The average Bonchev–Trinajstić information content (AvgIpc) is 2.67. The molecule has 0 heterocycles. The third kappa shape index (κ3) is 16.2. The van der Waals surface area contributed by atoms with Crippen molar-refractivity contribution in [2.24, 2.45) is 11.8 Å². The standard InChI is InChI=1S/C27H54S/c1-3-4-5-6-10-15-20-26-21-16-11-7-9-14-19-25(2)24-27(28)23-18-13-8-12-17-22-26/h25-28H,3-24H2,1-2H3. The zero-order chi connectivity index (χ0) is 20.3. The molecule has 1 aliphatic carbocycles. The number of thiol groups is 1. The highest BCUT2D eigenvalue weighted by Crippen LogP contribution is 2.26. The fraction of sp³-hybridized carbons (Fsp3) is 1.00. The molecule has 3 atom stereocenters. The van der Waals surface area contributed by atoms with Crippen LogP contribution in [-0.4, -0.2) is 5.25 Å². The van der Waals surface area contributed by atoms with E-state index in [-0.39, 0.29) is 0 Å². The summed E-state index contributed by atoms with van der Waals surface area (Å²) in [5.41, 5.74) is 0. The van der Waals surface area contributed by atoms with Crippen LogP contribution in [-0.2, 0) is 0 Å². The summed E-state index contributed by atoms with van der Waals surface area (Å²) in [4.78, 5) is 0. The molecular weight excluding hydrogens is 356 g/mol. The molecule has 0 aromatic rings. The van der Waals surface area contributed by atoms with Crippen LogP contribution < -0.4 is 0 Å². The van der Waals surface area contributed by atoms with Crippen molar-refractivity contribution in [3.8, 4) is 0 Å². The van der Waals surface area contributed by atoms with E-state index in [1.165, 1.54) is 141 Å². The van der Waals surface area contributed by atoms with E-state index in [1.54, 1.807) is 0 Å². The van der Waals surface area contributed by atoms with Crippen molar-refractivity contribution >= 4 is 12.6 Å². The van der Waals surface area contributed by atoms with Crippen molar-refractivity contribution in [3.63, 3.8) is 0 Å². The number of unbranched alkanes of at least 4 members (excludes halogenated alkanes) is 5. The van der Waals surface area contributed by atoms with Crippen molar-refractivity contribution in [1.82, 2.24) is 0 Å². The van der Waals surface area contributed by atoms with Crippen molar-refractivity contribution in [1.29, 1.82) is 0 Å². The summed E-state index contributed by atoms with van der Waals surface area (Å²) < 4.78 is 0. The smallest absolute Gasteiger partial charge is 0.00193 e. The van der Waals surface area contributed by atoms with Gasteiger partial charge in [-0.3, -0.25) is 0 Å². The van der Waals surface area contributed by atoms with Gasteiger partial charge in [0, 0.05) is 5.25 Å². The van der Waals surface area contributed by atoms with Gasteiger partial charge in [0.1, 0.15) is 0 Å². The predicted octanol–water partition coefficient (Wildman–Crippen LogP) is 10.2. The van der Waals surface area contributed by atoms with E-state index in [0.29, 0.717) is 5.25 Å². The van der Waals surface area contributed by atoms with Crippen molar-refractivity contribution in [2.45, 2.75) is 160 Å². The number of rotatable bonds is 7. The van der Waals surface area contributed by atoms with E-state index >= 15 is 0 Å². The van der Waals surface area contributed by atoms with Gasteiger partial charge in [-0.25, -0.2) is 0 Å². The summed E-state index contributed by atoms with van der Waals surface area (Å²) in [6, 6.07) is 0. The molecule has 1 rings (SSSR count). The monoisotopic (exact) mass is 410 g/mol. The second kappa shape index (κ2) is 19.3. The van der Waals surface area contributed by atoms with Crippen LogP contribution in [0.5, 0.6) is 0 Å². The minimum absolute atomic E-state index is 0.649. The Labute approximate surface area is 184 Å². The number of hydrogen-bond acceptors (Lipinski definition) is 1. The molecular formula is C27H54S. The maximum Gasteiger partial charge on any atom is 0.00193 e. The molecule has 3 unspecified atom stereocenters. The molecule has 0 aromatic carbocycles. The molecule has 28 heavy (non-hydrogen) atoms. The van der Waals surface area contributed by atoms with E-state index in [4.69, 9.17) is 12.6 Å². The zero-order valence-electron chi connectivity index (χ0n) is 19.7. The molecule has 1 heteroatoms. The van der Waals surface area contributed by atoms with Gasteiger partial charge in [-0.1, -0.05) is 142 Å². The SMILES string of the molecule is CCCCCCCCC1CCCCCCCC(C)CC(S)CCCCCCC1. The first-order valence-electron chi connectivity index (χ1n) is 13.4. The highest BCUT2D eigenvalue weighted by Gasteiger charge is 2.11. The topological polar surface area (TPSA) is 0 Å². The molecule has 1 saturated carbocycles. The largest absolute Gasteiger partial charge is 0.176 e. The highest BCUT2D eigenvalue weighted by atomic mass is 32.1. The molecule has 0 saturated heterocycles. The molecule has 0 bridgehead atoms. The molecule has 0 nitrogen and oxygen atoms in total. The predicted molar refractivity (Wildman–Crippen MR) is 133 cm³/mol. The van der Waals surface area contributed by atoms with Gasteiger partial charge in [0.05, 0.1) is 0 Å². The zero-order valence-corrected chi connectivity index (χ0v) is 20.6. The van der Waals surface area contributed by atoms with Gasteiger partial charge in [-0.2, -0.15) is 12.6 Å². The summed E-state index contributed by atoms with van der Waals surface area (Å²) in [6.07, 6.45) is 32.0. The summed E-state index contributed by atoms with van der Waals surface area (Å²) in [6.45, 7) is 4.77. The third-order valence-electron chi connectivity index (χ3n) is 7.10. The Balaban J connectivity index is 2.28. The Kier molecular flexibility index (Phi) is 18.2. The van der Waals surface area contributed by atoms with Crippen LogP contribution in [0.3, 0.4) is 0 Å². The van der Waals surface area contributed by atoms with Gasteiger partial charge >= 0.3 is 0 Å². The number of hydrogen-bond donors (Lipinski definition) is 1. The summed E-state index contributed by atoms with van der Waals surface area (Å²) >= 11 is 4.87. The molecule has 0 N–H and O–H groups in total. The van der Waals surface area contributed by atoms with Crippen LogP contribution in [0.1, 0.15) is 155 Å². The van der Waals surface area contributed by atoms with Crippen LogP contribution in [0.4, 0.5) is 0 Å². The molecule has 0 aromatic heterocycles. The molecule has 168 valence electrons. The maximum absolute atomic E-state index is 4.87. The first-order chi connectivity index (χ1) is 13.7. The lowest BCUT2D eigenvalue weighted by Gasteiger charge is -2.18. The molecule has 0 radical (unpaired) electrons. The first-order valence-corrected chi connectivity index (χ1v) is 13.9. The van der Waals surface area contributed by atoms with Gasteiger partial charge in [0.15, 0.2) is 0 Å². The van der Waals surface area contributed by atoms with Crippen molar-refractivity contribution < 1.29 is 0 Å². The van der Waals surface area contributed by atoms with Crippen molar-refractivity contribution in [3.05, 3.63) is 0 Å². The molecule has 1 aliphatic rings. The molecule has 0 aliphatic heterocycles. The fourth-order valence-electron chi connectivity index (χ4n) is 5.15. The Morgan fingerprint density at radius 1 is 0.607 bits per heavy atom. The molecule has 0 amide bonds. The minimum atomic E-state index is 0.649. The Morgan fingerprint density at radius 2 is 1.11 bits per heavy atom. The van der Waals surface area contributed by atoms with E-state index in [9.17, 15) is 0 Å². The molecule has 0 spiro atoms. The van der Waals surface area contributed by atoms with E-state index < -0.39 is 0 Å². The average molecular weight is 411 g/mol. The fourth-order valence-corrected chi connectivity index (χ4v) is 5.69. The van der Waals surface area contributed by atoms with E-state index in [2.05, 4.69) is 13.8 Å². The Morgan fingerprint density at radius 3 is 1.75 bits per heavy atom. The van der Waals surface area contributed by atoms with Gasteiger partial charge in [0.25, 0.3) is 0 Å². The normalized spacial score (nSPS) is 27.8. The second-order valence-corrected chi connectivity index (χ2v) is 10.8. The lowest BCUT2D eigenvalue weighted by atomic mass is 9.89. The Bertz CT molecular complexity index is 291. The lowest BCUT2D eigenvalue weighted by molar-refractivity contribution is 0.362. The van der Waals surface area contributed by atoms with Crippen LogP contribution in [0, 0.1) is 11.8 Å².